The van der Waals surface area contributed by atoms with Gasteiger partial charge in [0.15, 0.2) is 0 Å². The van der Waals surface area contributed by atoms with E-state index in [1.165, 1.54) is 12.8 Å². The van der Waals surface area contributed by atoms with E-state index in [2.05, 4.69) is 34.9 Å². The monoisotopic (exact) mass is 334 g/mol. The summed E-state index contributed by atoms with van der Waals surface area (Å²) in [5.41, 5.74) is 7.30. The number of nitrogens with one attached hydrogen (secondary N) is 2. The molecule has 6 heteroatoms. The van der Waals surface area contributed by atoms with E-state index >= 15 is 0 Å². The Balaban J connectivity index is 1.68. The summed E-state index contributed by atoms with van der Waals surface area (Å²) in [6.07, 6.45) is 9.20. The van der Waals surface area contributed by atoms with Gasteiger partial charge in [-0.2, -0.15) is 10.2 Å². The van der Waals surface area contributed by atoms with Crippen LogP contribution >= 0.6 is 0 Å². The van der Waals surface area contributed by atoms with Crippen molar-refractivity contribution >= 4 is 23.2 Å². The molecule has 0 heterocycles. The van der Waals surface area contributed by atoms with Crippen molar-refractivity contribution in [1.29, 1.82) is 0 Å². The Morgan fingerprint density at radius 2 is 1.25 bits per heavy atom. The lowest BCUT2D eigenvalue weighted by Gasteiger charge is -2.20. The van der Waals surface area contributed by atoms with Gasteiger partial charge >= 0.3 is 0 Å². The fourth-order valence-corrected chi connectivity index (χ4v) is 3.28. The van der Waals surface area contributed by atoms with Crippen molar-refractivity contribution in [1.82, 2.24) is 10.9 Å². The molecule has 0 spiro atoms. The molecule has 0 aromatic heterocycles. The minimum absolute atomic E-state index is 0.136. The molecule has 2 fully saturated rings. The quantitative estimate of drug-likeness (QED) is 0.757. The minimum atomic E-state index is -0.214. The van der Waals surface area contributed by atoms with E-state index < -0.39 is 0 Å². The van der Waals surface area contributed by atoms with Crippen molar-refractivity contribution in [2.75, 3.05) is 0 Å². The number of rotatable bonds is 5. The van der Waals surface area contributed by atoms with Gasteiger partial charge in [0.05, 0.1) is 0 Å². The standard InChI is InChI=1S/C18H30N4O2/c1-13-7-3-5-9-15(13)19-21-17(23)11-12-18(24)22-20-16-10-6-4-8-14(16)2/h13-14H,3-12H2,1-2H3,(H,21,23)(H,22,24)/b19-15-,20-16+/t13-,14+/m0/s1. The van der Waals surface area contributed by atoms with Crippen LogP contribution in [0.4, 0.5) is 0 Å². The van der Waals surface area contributed by atoms with Crippen LogP contribution in [0.2, 0.25) is 0 Å². The fraction of sp³-hybridized carbons (Fsp3) is 0.778. The second-order valence-corrected chi connectivity index (χ2v) is 7.07. The first-order valence-corrected chi connectivity index (χ1v) is 9.27. The molecule has 0 aliphatic heterocycles. The van der Waals surface area contributed by atoms with Gasteiger partial charge < -0.3 is 0 Å². The first-order chi connectivity index (χ1) is 11.6. The van der Waals surface area contributed by atoms with Crippen LogP contribution in [0.15, 0.2) is 10.2 Å². The highest BCUT2D eigenvalue weighted by Crippen LogP contribution is 2.21. The van der Waals surface area contributed by atoms with Crippen LogP contribution in [0.1, 0.15) is 78.1 Å². The molecule has 2 saturated carbocycles. The third kappa shape index (κ3) is 6.06. The Morgan fingerprint density at radius 3 is 1.62 bits per heavy atom. The first kappa shape index (κ1) is 18.6. The maximum atomic E-state index is 11.8. The second-order valence-electron chi connectivity index (χ2n) is 7.07. The van der Waals surface area contributed by atoms with Gasteiger partial charge in [0.25, 0.3) is 0 Å². The zero-order valence-electron chi connectivity index (χ0n) is 14.9. The predicted molar refractivity (Wildman–Crippen MR) is 95.7 cm³/mol. The molecule has 0 radical (unpaired) electrons. The molecular formula is C18H30N4O2. The van der Waals surface area contributed by atoms with Crippen molar-refractivity contribution in [3.63, 3.8) is 0 Å². The average molecular weight is 334 g/mol. The minimum Gasteiger partial charge on any atom is -0.273 e. The van der Waals surface area contributed by atoms with Gasteiger partial charge in [0, 0.05) is 24.3 Å². The summed E-state index contributed by atoms with van der Waals surface area (Å²) < 4.78 is 0. The Kier molecular flexibility index (Phi) is 7.40. The number of carbonyl (C=O) groups is 2. The third-order valence-corrected chi connectivity index (χ3v) is 5.01. The van der Waals surface area contributed by atoms with E-state index in [1.807, 2.05) is 0 Å². The van der Waals surface area contributed by atoms with Crippen LogP contribution in [-0.4, -0.2) is 23.2 Å². The van der Waals surface area contributed by atoms with Crippen molar-refractivity contribution in [3.8, 4) is 0 Å². The fourth-order valence-electron chi connectivity index (χ4n) is 3.28. The molecule has 134 valence electrons. The van der Waals surface area contributed by atoms with Crippen LogP contribution in [0.25, 0.3) is 0 Å². The molecule has 2 amide bonds. The summed E-state index contributed by atoms with van der Waals surface area (Å²) in [7, 11) is 0. The largest absolute Gasteiger partial charge is 0.273 e. The van der Waals surface area contributed by atoms with Crippen LogP contribution in [0.5, 0.6) is 0 Å². The van der Waals surface area contributed by atoms with E-state index in [1.54, 1.807) is 0 Å². The van der Waals surface area contributed by atoms with Crippen molar-refractivity contribution < 1.29 is 9.59 Å². The zero-order chi connectivity index (χ0) is 17.4. The van der Waals surface area contributed by atoms with Gasteiger partial charge in [0.2, 0.25) is 11.8 Å². The summed E-state index contributed by atoms with van der Waals surface area (Å²) in [6, 6.07) is 0. The number of hydrogen-bond acceptors (Lipinski definition) is 4. The summed E-state index contributed by atoms with van der Waals surface area (Å²) >= 11 is 0. The molecule has 0 unspecified atom stereocenters. The molecule has 2 aliphatic rings. The average Bonchev–Trinajstić information content (AvgIpc) is 2.58. The molecule has 2 aliphatic carbocycles. The van der Waals surface area contributed by atoms with Gasteiger partial charge in [-0.3, -0.25) is 9.59 Å². The molecular weight excluding hydrogens is 304 g/mol. The SMILES string of the molecule is C[C@@H]1CCCC/C1=N\NC(=O)CCC(=O)N/N=C1/CCCC[C@@H]1C. The summed E-state index contributed by atoms with van der Waals surface area (Å²) in [6.45, 7) is 4.28. The van der Waals surface area contributed by atoms with Gasteiger partial charge in [-0.25, -0.2) is 10.9 Å². The van der Waals surface area contributed by atoms with Crippen molar-refractivity contribution in [3.05, 3.63) is 0 Å². The van der Waals surface area contributed by atoms with E-state index in [0.29, 0.717) is 11.8 Å². The van der Waals surface area contributed by atoms with E-state index in [4.69, 9.17) is 0 Å². The molecule has 24 heavy (non-hydrogen) atoms. The highest BCUT2D eigenvalue weighted by atomic mass is 16.2. The normalized spacial score (nSPS) is 27.9. The van der Waals surface area contributed by atoms with Crippen LogP contribution in [-0.2, 0) is 9.59 Å². The Morgan fingerprint density at radius 1 is 0.833 bits per heavy atom. The summed E-state index contributed by atoms with van der Waals surface area (Å²) in [5.74, 6) is 0.453. The number of hydrazone groups is 2. The maximum absolute atomic E-state index is 11.8. The van der Waals surface area contributed by atoms with Crippen molar-refractivity contribution in [2.45, 2.75) is 78.1 Å². The Bertz CT molecular complexity index is 467. The molecule has 0 aromatic carbocycles. The Labute approximate surface area is 144 Å². The van der Waals surface area contributed by atoms with Gasteiger partial charge in [-0.1, -0.05) is 26.7 Å². The molecule has 2 N–H and O–H groups in total. The number of nitrogens with zero attached hydrogens (tertiary/aromatic N) is 2. The lowest BCUT2D eigenvalue weighted by molar-refractivity contribution is -0.126. The number of carbonyl (C=O) groups excluding carboxylic acids is 2. The number of hydrogen-bond donors (Lipinski definition) is 2. The summed E-state index contributed by atoms with van der Waals surface area (Å²) in [4.78, 5) is 23.6. The van der Waals surface area contributed by atoms with Crippen LogP contribution < -0.4 is 10.9 Å². The van der Waals surface area contributed by atoms with Gasteiger partial charge in [-0.15, -0.1) is 0 Å². The van der Waals surface area contributed by atoms with Gasteiger partial charge in [-0.05, 0) is 50.4 Å². The molecule has 0 aromatic rings. The number of amides is 2. The third-order valence-electron chi connectivity index (χ3n) is 5.01. The zero-order valence-corrected chi connectivity index (χ0v) is 14.9. The van der Waals surface area contributed by atoms with E-state index in [0.717, 1.165) is 49.9 Å². The molecule has 0 bridgehead atoms. The first-order valence-electron chi connectivity index (χ1n) is 9.27. The summed E-state index contributed by atoms with van der Waals surface area (Å²) in [5, 5.41) is 8.46. The molecule has 2 rings (SSSR count). The topological polar surface area (TPSA) is 82.9 Å². The highest BCUT2D eigenvalue weighted by molar-refractivity contribution is 5.90. The van der Waals surface area contributed by atoms with Crippen LogP contribution in [0, 0.1) is 11.8 Å². The lowest BCUT2D eigenvalue weighted by atomic mass is 9.89. The molecule has 6 nitrogen and oxygen atoms in total. The predicted octanol–water partition coefficient (Wildman–Crippen LogP) is 3.13. The molecule has 0 saturated heterocycles. The van der Waals surface area contributed by atoms with E-state index in [9.17, 15) is 9.59 Å². The van der Waals surface area contributed by atoms with Crippen molar-refractivity contribution in [2.24, 2.45) is 22.0 Å². The molecule has 2 atom stereocenters. The van der Waals surface area contributed by atoms with Crippen LogP contribution in [0.3, 0.4) is 0 Å². The van der Waals surface area contributed by atoms with Gasteiger partial charge in [0.1, 0.15) is 0 Å². The second kappa shape index (κ2) is 9.55. The lowest BCUT2D eigenvalue weighted by Crippen LogP contribution is -2.27. The smallest absolute Gasteiger partial charge is 0.240 e. The van der Waals surface area contributed by atoms with E-state index in [-0.39, 0.29) is 24.7 Å². The maximum Gasteiger partial charge on any atom is 0.240 e. The highest BCUT2D eigenvalue weighted by Gasteiger charge is 2.17. The Hall–Kier alpha value is -1.72.